The molecule has 0 saturated heterocycles. The van der Waals surface area contributed by atoms with Crippen LogP contribution in [0.15, 0.2) is 64.2 Å². The van der Waals surface area contributed by atoms with E-state index in [0.717, 1.165) is 10.5 Å². The smallest absolute Gasteiger partial charge is 0.269 e. The Morgan fingerprint density at radius 1 is 1.04 bits per heavy atom. The molecule has 0 spiro atoms. The zero-order valence-electron chi connectivity index (χ0n) is 13.9. The van der Waals surface area contributed by atoms with Gasteiger partial charge in [0.05, 0.1) is 5.75 Å². The van der Waals surface area contributed by atoms with Crippen LogP contribution in [0.1, 0.15) is 15.9 Å². The summed E-state index contributed by atoms with van der Waals surface area (Å²) in [4.78, 5) is 24.9. The van der Waals surface area contributed by atoms with E-state index in [4.69, 9.17) is 4.42 Å². The van der Waals surface area contributed by atoms with E-state index in [1.54, 1.807) is 24.3 Å². The van der Waals surface area contributed by atoms with E-state index in [0.29, 0.717) is 17.0 Å². The van der Waals surface area contributed by atoms with Crippen molar-refractivity contribution in [1.82, 2.24) is 21.0 Å². The Bertz CT molecular complexity index is 878. The number of hydrazine groups is 1. The van der Waals surface area contributed by atoms with Gasteiger partial charge in [0.2, 0.25) is 18.2 Å². The zero-order chi connectivity index (χ0) is 18.4. The van der Waals surface area contributed by atoms with E-state index in [1.165, 1.54) is 18.2 Å². The van der Waals surface area contributed by atoms with Crippen LogP contribution in [0.3, 0.4) is 0 Å². The van der Waals surface area contributed by atoms with E-state index in [-0.39, 0.29) is 11.7 Å². The summed E-state index contributed by atoms with van der Waals surface area (Å²) in [6.45, 7) is 2.01. The molecule has 0 unspecified atom stereocenters. The summed E-state index contributed by atoms with van der Waals surface area (Å²) in [5, 5.41) is 7.40. The van der Waals surface area contributed by atoms with Crippen LogP contribution in [0, 0.1) is 6.92 Å². The number of carbonyl (C=O) groups excluding carboxylic acids is 2. The third kappa shape index (κ3) is 4.70. The molecule has 2 amide bonds. The lowest BCUT2D eigenvalue weighted by Gasteiger charge is -2.08. The first-order chi connectivity index (χ1) is 12.6. The molecule has 0 atom stereocenters. The number of aryl methyl sites for hydroxylation is 1. The molecule has 0 aliphatic rings. The maximum atomic E-state index is 12.1. The lowest BCUT2D eigenvalue weighted by molar-refractivity contribution is -0.119. The Morgan fingerprint density at radius 3 is 2.42 bits per heavy atom. The summed E-state index contributed by atoms with van der Waals surface area (Å²) in [6.07, 6.45) is 1.24. The number of rotatable bonds is 5. The van der Waals surface area contributed by atoms with Crippen molar-refractivity contribution in [2.45, 2.75) is 11.8 Å². The van der Waals surface area contributed by atoms with Crippen LogP contribution in [-0.4, -0.2) is 27.8 Å². The van der Waals surface area contributed by atoms with Gasteiger partial charge in [-0.2, -0.15) is 0 Å². The van der Waals surface area contributed by atoms with Crippen LogP contribution in [0.4, 0.5) is 0 Å². The van der Waals surface area contributed by atoms with Gasteiger partial charge in [-0.3, -0.25) is 20.4 Å². The van der Waals surface area contributed by atoms with Crippen molar-refractivity contribution in [1.29, 1.82) is 0 Å². The predicted molar refractivity (Wildman–Crippen MR) is 97.2 cm³/mol. The Kier molecular flexibility index (Phi) is 5.65. The normalized spacial score (nSPS) is 10.3. The highest BCUT2D eigenvalue weighted by Gasteiger charge is 2.09. The Balaban J connectivity index is 1.47. The van der Waals surface area contributed by atoms with Gasteiger partial charge >= 0.3 is 0 Å². The summed E-state index contributed by atoms with van der Waals surface area (Å²) in [6, 6.07) is 14.5. The number of amides is 2. The molecular formula is C18H16N4O3S. The fourth-order valence-electron chi connectivity index (χ4n) is 2.08. The molecule has 1 heterocycles. The molecule has 3 aromatic rings. The van der Waals surface area contributed by atoms with Crippen LogP contribution in [0.2, 0.25) is 0 Å². The van der Waals surface area contributed by atoms with E-state index in [2.05, 4.69) is 21.0 Å². The quantitative estimate of drug-likeness (QED) is 0.531. The number of benzene rings is 2. The lowest BCUT2D eigenvalue weighted by atomic mass is 10.1. The fraction of sp³-hybridized carbons (Fsp3) is 0.111. The number of hydrogen-bond donors (Lipinski definition) is 2. The van der Waals surface area contributed by atoms with Gasteiger partial charge in [0.15, 0.2) is 0 Å². The predicted octanol–water partition coefficient (Wildman–Crippen LogP) is 2.60. The average Bonchev–Trinajstić information content (AvgIpc) is 3.20. The zero-order valence-corrected chi connectivity index (χ0v) is 14.7. The minimum Gasteiger partial charge on any atom is -0.423 e. The summed E-state index contributed by atoms with van der Waals surface area (Å²) in [5.74, 6) is -0.111. The number of carbonyl (C=O) groups is 2. The van der Waals surface area contributed by atoms with E-state index in [1.807, 2.05) is 31.2 Å². The van der Waals surface area contributed by atoms with Crippen molar-refractivity contribution >= 4 is 23.6 Å². The minimum absolute atomic E-state index is 0.208. The molecule has 7 nitrogen and oxygen atoms in total. The van der Waals surface area contributed by atoms with Gasteiger partial charge < -0.3 is 4.42 Å². The third-order valence-corrected chi connectivity index (χ3v) is 4.47. The number of aromatic nitrogens is 2. The van der Waals surface area contributed by atoms with Crippen molar-refractivity contribution in [2.24, 2.45) is 0 Å². The van der Waals surface area contributed by atoms with Gasteiger partial charge in [0.1, 0.15) is 0 Å². The van der Waals surface area contributed by atoms with E-state index >= 15 is 0 Å². The first-order valence-electron chi connectivity index (χ1n) is 7.77. The lowest BCUT2D eigenvalue weighted by Crippen LogP contribution is -2.42. The van der Waals surface area contributed by atoms with Crippen molar-refractivity contribution in [3.05, 3.63) is 66.1 Å². The molecule has 0 aliphatic carbocycles. The van der Waals surface area contributed by atoms with E-state index in [9.17, 15) is 9.59 Å². The van der Waals surface area contributed by atoms with Crippen LogP contribution >= 0.6 is 11.8 Å². The van der Waals surface area contributed by atoms with Crippen LogP contribution < -0.4 is 10.9 Å². The first kappa shape index (κ1) is 17.7. The van der Waals surface area contributed by atoms with Gasteiger partial charge in [0, 0.05) is 16.0 Å². The van der Waals surface area contributed by atoms with Crippen LogP contribution in [0.25, 0.3) is 11.5 Å². The van der Waals surface area contributed by atoms with Crippen LogP contribution in [-0.2, 0) is 4.79 Å². The number of nitrogens with zero attached hydrogens (tertiary/aromatic N) is 2. The number of hydrogen-bond acceptors (Lipinski definition) is 6. The molecule has 132 valence electrons. The standard InChI is InChI=1S/C18H16N4O3S/c1-12-2-8-15(9-3-12)26-10-16(23)20-21-17(24)13-4-6-14(7-5-13)18-22-19-11-25-18/h2-9,11H,10H2,1H3,(H,20,23)(H,21,24). The average molecular weight is 368 g/mol. The summed E-state index contributed by atoms with van der Waals surface area (Å²) < 4.78 is 5.09. The molecule has 8 heteroatoms. The molecule has 0 aliphatic heterocycles. The molecule has 2 N–H and O–H groups in total. The molecule has 3 rings (SSSR count). The summed E-state index contributed by atoms with van der Waals surface area (Å²) in [5.41, 5.74) is 7.07. The first-order valence-corrected chi connectivity index (χ1v) is 8.75. The van der Waals surface area contributed by atoms with Crippen LogP contribution in [0.5, 0.6) is 0 Å². The maximum absolute atomic E-state index is 12.1. The number of nitrogens with one attached hydrogen (secondary N) is 2. The third-order valence-electron chi connectivity index (χ3n) is 3.46. The van der Waals surface area contributed by atoms with Crippen molar-refractivity contribution in [3.63, 3.8) is 0 Å². The highest BCUT2D eigenvalue weighted by Crippen LogP contribution is 2.18. The molecule has 2 aromatic carbocycles. The van der Waals surface area contributed by atoms with Gasteiger partial charge in [0.25, 0.3) is 5.91 Å². The van der Waals surface area contributed by atoms with Gasteiger partial charge in [-0.1, -0.05) is 17.7 Å². The minimum atomic E-state index is -0.407. The van der Waals surface area contributed by atoms with Crippen molar-refractivity contribution in [2.75, 3.05) is 5.75 Å². The second-order valence-corrected chi connectivity index (χ2v) is 6.47. The molecule has 1 aromatic heterocycles. The van der Waals surface area contributed by atoms with E-state index < -0.39 is 5.91 Å². The van der Waals surface area contributed by atoms with Gasteiger partial charge in [-0.05, 0) is 43.3 Å². The molecule has 0 saturated carbocycles. The second-order valence-electron chi connectivity index (χ2n) is 5.43. The van der Waals surface area contributed by atoms with Gasteiger partial charge in [-0.25, -0.2) is 0 Å². The molecule has 0 fully saturated rings. The second kappa shape index (κ2) is 8.30. The Morgan fingerprint density at radius 2 is 1.77 bits per heavy atom. The fourth-order valence-corrected chi connectivity index (χ4v) is 2.78. The SMILES string of the molecule is Cc1ccc(SCC(=O)NNC(=O)c2ccc(-c3nnco3)cc2)cc1. The Hall–Kier alpha value is -3.13. The molecule has 0 radical (unpaired) electrons. The van der Waals surface area contributed by atoms with Crippen molar-refractivity contribution in [3.8, 4) is 11.5 Å². The summed E-state index contributed by atoms with van der Waals surface area (Å²) >= 11 is 1.40. The largest absolute Gasteiger partial charge is 0.423 e. The summed E-state index contributed by atoms with van der Waals surface area (Å²) in [7, 11) is 0. The molecular weight excluding hydrogens is 352 g/mol. The highest BCUT2D eigenvalue weighted by molar-refractivity contribution is 8.00. The monoisotopic (exact) mass is 368 g/mol. The Labute approximate surface area is 154 Å². The molecule has 0 bridgehead atoms. The van der Waals surface area contributed by atoms with Crippen molar-refractivity contribution < 1.29 is 14.0 Å². The molecule has 26 heavy (non-hydrogen) atoms. The topological polar surface area (TPSA) is 97.1 Å². The number of thioether (sulfide) groups is 1. The van der Waals surface area contributed by atoms with Gasteiger partial charge in [-0.15, -0.1) is 22.0 Å². The maximum Gasteiger partial charge on any atom is 0.269 e. The highest BCUT2D eigenvalue weighted by atomic mass is 32.2.